The van der Waals surface area contributed by atoms with E-state index in [2.05, 4.69) is 24.1 Å². The fourth-order valence-electron chi connectivity index (χ4n) is 2.58. The molecule has 2 heterocycles. The van der Waals surface area contributed by atoms with E-state index in [1.54, 1.807) is 0 Å². The van der Waals surface area contributed by atoms with Crippen LogP contribution >= 0.6 is 0 Å². The number of rotatable bonds is 1. The predicted molar refractivity (Wildman–Crippen MR) is 55.8 cm³/mol. The van der Waals surface area contributed by atoms with Crippen molar-refractivity contribution in [1.29, 1.82) is 0 Å². The highest BCUT2D eigenvalue weighted by Gasteiger charge is 2.30. The lowest BCUT2D eigenvalue weighted by Crippen LogP contribution is -2.59. The minimum atomic E-state index is 0.731. The zero-order valence-electron chi connectivity index (χ0n) is 8.92. The molecule has 0 aliphatic carbocycles. The van der Waals surface area contributed by atoms with Gasteiger partial charge in [-0.25, -0.2) is 0 Å². The molecule has 2 aliphatic heterocycles. The number of nitrogens with zero attached hydrogens (tertiary/aromatic N) is 1. The smallest absolute Gasteiger partial charge is 0.0221 e. The highest BCUT2D eigenvalue weighted by atomic mass is 15.2. The van der Waals surface area contributed by atoms with E-state index in [4.69, 9.17) is 0 Å². The number of nitrogens with one attached hydrogen (secondary N) is 1. The van der Waals surface area contributed by atoms with E-state index in [9.17, 15) is 0 Å². The number of fused-ring (bicyclic) bond motifs is 1. The molecular formula is C11H22N2. The lowest BCUT2D eigenvalue weighted by atomic mass is 9.94. The van der Waals surface area contributed by atoms with Crippen molar-refractivity contribution < 1.29 is 0 Å². The number of hydrogen-bond acceptors (Lipinski definition) is 2. The van der Waals surface area contributed by atoms with Crippen molar-refractivity contribution in [3.8, 4) is 0 Å². The monoisotopic (exact) mass is 182 g/mol. The molecule has 2 aliphatic rings. The molecule has 2 rings (SSSR count). The van der Waals surface area contributed by atoms with Gasteiger partial charge in [0.25, 0.3) is 0 Å². The Kier molecular flexibility index (Phi) is 2.89. The Labute approximate surface area is 81.7 Å². The second-order valence-electron chi connectivity index (χ2n) is 4.90. The summed E-state index contributed by atoms with van der Waals surface area (Å²) < 4.78 is 0. The Morgan fingerprint density at radius 3 is 2.92 bits per heavy atom. The van der Waals surface area contributed by atoms with Crippen LogP contribution in [0, 0.1) is 5.92 Å². The van der Waals surface area contributed by atoms with E-state index in [1.807, 2.05) is 0 Å². The highest BCUT2D eigenvalue weighted by Crippen LogP contribution is 2.21. The minimum Gasteiger partial charge on any atom is -0.311 e. The van der Waals surface area contributed by atoms with Crippen LogP contribution in [0.2, 0.25) is 0 Å². The number of piperidine rings is 1. The van der Waals surface area contributed by atoms with Crippen LogP contribution in [0.15, 0.2) is 0 Å². The fraction of sp³-hybridized carbons (Fsp3) is 1.00. The van der Waals surface area contributed by atoms with Crippen LogP contribution in [0.3, 0.4) is 0 Å². The van der Waals surface area contributed by atoms with Gasteiger partial charge in [-0.1, -0.05) is 20.3 Å². The molecule has 0 radical (unpaired) electrons. The van der Waals surface area contributed by atoms with E-state index < -0.39 is 0 Å². The molecule has 2 nitrogen and oxygen atoms in total. The van der Waals surface area contributed by atoms with Crippen molar-refractivity contribution in [3.63, 3.8) is 0 Å². The first-order valence-corrected chi connectivity index (χ1v) is 5.75. The maximum atomic E-state index is 3.68. The van der Waals surface area contributed by atoms with Gasteiger partial charge in [-0.05, 0) is 25.3 Å². The summed E-state index contributed by atoms with van der Waals surface area (Å²) in [6.07, 6.45) is 4.27. The zero-order chi connectivity index (χ0) is 9.26. The molecule has 0 aromatic heterocycles. The molecule has 2 heteroatoms. The predicted octanol–water partition coefficient (Wildman–Crippen LogP) is 1.47. The second kappa shape index (κ2) is 3.97. The number of hydrogen-bond donors (Lipinski definition) is 1. The van der Waals surface area contributed by atoms with E-state index in [0.717, 1.165) is 18.0 Å². The van der Waals surface area contributed by atoms with Gasteiger partial charge in [0.15, 0.2) is 0 Å². The average Bonchev–Trinajstić information content (AvgIpc) is 2.17. The molecule has 0 spiro atoms. The highest BCUT2D eigenvalue weighted by molar-refractivity contribution is 4.89. The third-order valence-corrected chi connectivity index (χ3v) is 3.60. The van der Waals surface area contributed by atoms with Crippen molar-refractivity contribution in [1.82, 2.24) is 10.2 Å². The average molecular weight is 182 g/mol. The van der Waals surface area contributed by atoms with Gasteiger partial charge in [-0.15, -0.1) is 0 Å². The van der Waals surface area contributed by atoms with Gasteiger partial charge in [-0.3, -0.25) is 4.90 Å². The van der Waals surface area contributed by atoms with Crippen LogP contribution in [-0.2, 0) is 0 Å². The molecule has 2 fully saturated rings. The molecule has 2 unspecified atom stereocenters. The van der Waals surface area contributed by atoms with Crippen LogP contribution in [0.25, 0.3) is 0 Å². The Morgan fingerprint density at radius 2 is 2.15 bits per heavy atom. The summed E-state index contributed by atoms with van der Waals surface area (Å²) in [5, 5.41) is 3.68. The SMILES string of the molecule is CC(C)C1CN2CCCCC2CN1. The van der Waals surface area contributed by atoms with Crippen LogP contribution in [0.5, 0.6) is 0 Å². The summed E-state index contributed by atoms with van der Waals surface area (Å²) in [4.78, 5) is 2.70. The lowest BCUT2D eigenvalue weighted by molar-refractivity contribution is 0.0824. The molecule has 76 valence electrons. The minimum absolute atomic E-state index is 0.731. The molecule has 0 aromatic carbocycles. The third-order valence-electron chi connectivity index (χ3n) is 3.60. The first kappa shape index (κ1) is 9.47. The van der Waals surface area contributed by atoms with Crippen molar-refractivity contribution in [2.24, 2.45) is 5.92 Å². The molecule has 0 saturated carbocycles. The van der Waals surface area contributed by atoms with Gasteiger partial charge < -0.3 is 5.32 Å². The number of piperazine rings is 1. The van der Waals surface area contributed by atoms with Crippen molar-refractivity contribution >= 4 is 0 Å². The van der Waals surface area contributed by atoms with E-state index in [-0.39, 0.29) is 0 Å². The standard InChI is InChI=1S/C11H22N2/c1-9(2)11-8-13-6-4-3-5-10(13)7-12-11/h9-12H,3-8H2,1-2H3. The first-order chi connectivity index (χ1) is 6.27. The van der Waals surface area contributed by atoms with Crippen LogP contribution in [-0.4, -0.2) is 36.6 Å². The van der Waals surface area contributed by atoms with Gasteiger partial charge >= 0.3 is 0 Å². The Bertz CT molecular complexity index is 167. The molecule has 1 N–H and O–H groups in total. The van der Waals surface area contributed by atoms with Crippen LogP contribution < -0.4 is 5.32 Å². The Hall–Kier alpha value is -0.0800. The van der Waals surface area contributed by atoms with E-state index in [0.29, 0.717) is 0 Å². The van der Waals surface area contributed by atoms with Crippen molar-refractivity contribution in [3.05, 3.63) is 0 Å². The fourth-order valence-corrected chi connectivity index (χ4v) is 2.58. The van der Waals surface area contributed by atoms with Gasteiger partial charge in [0.2, 0.25) is 0 Å². The summed E-state index contributed by atoms with van der Waals surface area (Å²) in [6, 6.07) is 1.58. The van der Waals surface area contributed by atoms with Gasteiger partial charge in [0.05, 0.1) is 0 Å². The molecule has 0 bridgehead atoms. The maximum absolute atomic E-state index is 3.68. The molecule has 0 amide bonds. The summed E-state index contributed by atoms with van der Waals surface area (Å²) in [5.74, 6) is 0.780. The summed E-state index contributed by atoms with van der Waals surface area (Å²) >= 11 is 0. The maximum Gasteiger partial charge on any atom is 0.0221 e. The molecule has 13 heavy (non-hydrogen) atoms. The van der Waals surface area contributed by atoms with Crippen molar-refractivity contribution in [2.45, 2.75) is 45.2 Å². The molecule has 0 aromatic rings. The van der Waals surface area contributed by atoms with E-state index in [1.165, 1.54) is 38.9 Å². The van der Waals surface area contributed by atoms with Gasteiger partial charge in [0, 0.05) is 25.2 Å². The summed E-state index contributed by atoms with van der Waals surface area (Å²) in [6.45, 7) is 8.49. The van der Waals surface area contributed by atoms with Gasteiger partial charge in [0.1, 0.15) is 0 Å². The largest absolute Gasteiger partial charge is 0.311 e. The first-order valence-electron chi connectivity index (χ1n) is 5.75. The summed E-state index contributed by atoms with van der Waals surface area (Å²) in [5.41, 5.74) is 0. The van der Waals surface area contributed by atoms with Gasteiger partial charge in [-0.2, -0.15) is 0 Å². The Morgan fingerprint density at radius 1 is 1.31 bits per heavy atom. The normalized spacial score (nSPS) is 36.2. The van der Waals surface area contributed by atoms with E-state index >= 15 is 0 Å². The third kappa shape index (κ3) is 2.05. The quantitative estimate of drug-likeness (QED) is 0.660. The van der Waals surface area contributed by atoms with Crippen LogP contribution in [0.1, 0.15) is 33.1 Å². The second-order valence-corrected chi connectivity index (χ2v) is 4.90. The van der Waals surface area contributed by atoms with Crippen molar-refractivity contribution in [2.75, 3.05) is 19.6 Å². The molecule has 2 atom stereocenters. The topological polar surface area (TPSA) is 15.3 Å². The zero-order valence-corrected chi connectivity index (χ0v) is 8.92. The molecular weight excluding hydrogens is 160 g/mol. The Balaban J connectivity index is 1.91. The molecule has 2 saturated heterocycles. The summed E-state index contributed by atoms with van der Waals surface area (Å²) in [7, 11) is 0. The lowest BCUT2D eigenvalue weighted by Gasteiger charge is -2.44. The van der Waals surface area contributed by atoms with Crippen LogP contribution in [0.4, 0.5) is 0 Å².